The van der Waals surface area contributed by atoms with Gasteiger partial charge in [0.2, 0.25) is 0 Å². The Morgan fingerprint density at radius 3 is 2.57 bits per heavy atom. The van der Waals surface area contributed by atoms with E-state index in [4.69, 9.17) is 0 Å². The van der Waals surface area contributed by atoms with E-state index in [9.17, 15) is 8.78 Å². The van der Waals surface area contributed by atoms with Crippen LogP contribution in [0, 0.1) is 6.92 Å². The van der Waals surface area contributed by atoms with Crippen molar-refractivity contribution in [1.82, 2.24) is 0 Å². The van der Waals surface area contributed by atoms with Gasteiger partial charge in [-0.05, 0) is 48.9 Å². The second kappa shape index (κ2) is 3.56. The fraction of sp³-hybridized carbons (Fsp3) is 0.364. The molecule has 0 saturated heterocycles. The van der Waals surface area contributed by atoms with Crippen LogP contribution < -0.4 is 4.74 Å². The van der Waals surface area contributed by atoms with Crippen LogP contribution in [0.2, 0.25) is 0 Å². The van der Waals surface area contributed by atoms with E-state index in [-0.39, 0.29) is 5.75 Å². The molecule has 1 aliphatic rings. The highest BCUT2D eigenvalue weighted by molar-refractivity contribution is 5.39. The molecule has 0 N–H and O–H groups in total. The van der Waals surface area contributed by atoms with E-state index in [1.54, 1.807) is 6.07 Å². The number of halogens is 2. The zero-order chi connectivity index (χ0) is 10.1. The van der Waals surface area contributed by atoms with Crippen molar-refractivity contribution in [3.05, 3.63) is 36.2 Å². The van der Waals surface area contributed by atoms with Crippen molar-refractivity contribution in [3.8, 4) is 5.75 Å². The molecule has 14 heavy (non-hydrogen) atoms. The summed E-state index contributed by atoms with van der Waals surface area (Å²) in [6.45, 7) is 0.974. The highest BCUT2D eigenvalue weighted by Crippen LogP contribution is 2.41. The number of rotatable bonds is 3. The maximum Gasteiger partial charge on any atom is 0.387 e. The molecular weight excluding hydrogens is 186 g/mol. The predicted molar refractivity (Wildman–Crippen MR) is 49.5 cm³/mol. The summed E-state index contributed by atoms with van der Waals surface area (Å²) in [6.07, 6.45) is 2.27. The molecule has 0 amide bonds. The molecule has 1 fully saturated rings. The topological polar surface area (TPSA) is 9.23 Å². The summed E-state index contributed by atoms with van der Waals surface area (Å²) in [6, 6.07) is 5.13. The third-order valence-corrected chi connectivity index (χ3v) is 2.26. The molecule has 0 aliphatic heterocycles. The third-order valence-electron chi connectivity index (χ3n) is 2.26. The third kappa shape index (κ3) is 2.22. The monoisotopic (exact) mass is 197 g/mol. The SMILES string of the molecule is [CH2]c1cc(OC(F)F)cc(C2CC2)c1. The van der Waals surface area contributed by atoms with Crippen LogP contribution in [0.3, 0.4) is 0 Å². The molecule has 0 bridgehead atoms. The zero-order valence-corrected chi connectivity index (χ0v) is 7.67. The van der Waals surface area contributed by atoms with Crippen molar-refractivity contribution >= 4 is 0 Å². The lowest BCUT2D eigenvalue weighted by Gasteiger charge is -2.07. The van der Waals surface area contributed by atoms with Crippen molar-refractivity contribution in [1.29, 1.82) is 0 Å². The second-order valence-electron chi connectivity index (χ2n) is 3.56. The van der Waals surface area contributed by atoms with Crippen molar-refractivity contribution < 1.29 is 13.5 Å². The summed E-state index contributed by atoms with van der Waals surface area (Å²) in [7, 11) is 0. The normalized spacial score (nSPS) is 16.0. The fourth-order valence-electron chi connectivity index (χ4n) is 1.51. The Morgan fingerprint density at radius 1 is 1.29 bits per heavy atom. The van der Waals surface area contributed by atoms with Gasteiger partial charge in [-0.25, -0.2) is 0 Å². The lowest BCUT2D eigenvalue weighted by atomic mass is 10.1. The molecule has 0 unspecified atom stereocenters. The van der Waals surface area contributed by atoms with E-state index in [1.165, 1.54) is 6.07 Å². The van der Waals surface area contributed by atoms with Gasteiger partial charge >= 0.3 is 6.61 Å². The highest BCUT2D eigenvalue weighted by atomic mass is 19.3. The van der Waals surface area contributed by atoms with Gasteiger partial charge in [0.25, 0.3) is 0 Å². The molecule has 1 saturated carbocycles. The van der Waals surface area contributed by atoms with Crippen LogP contribution in [-0.4, -0.2) is 6.61 Å². The quantitative estimate of drug-likeness (QED) is 0.722. The van der Waals surface area contributed by atoms with Crippen LogP contribution in [0.1, 0.15) is 29.9 Å². The van der Waals surface area contributed by atoms with Gasteiger partial charge in [-0.1, -0.05) is 6.07 Å². The maximum atomic E-state index is 12.0. The molecule has 0 heterocycles. The standard InChI is InChI=1S/C11H11F2O/c1-7-4-9(8-2-3-8)6-10(5-7)14-11(12)13/h4-6,8,11H,1-3H2. The molecule has 1 nitrogen and oxygen atoms in total. The van der Waals surface area contributed by atoms with Gasteiger partial charge < -0.3 is 4.74 Å². The van der Waals surface area contributed by atoms with Crippen molar-refractivity contribution in [3.63, 3.8) is 0 Å². The van der Waals surface area contributed by atoms with Gasteiger partial charge in [-0.2, -0.15) is 8.78 Å². The van der Waals surface area contributed by atoms with Crippen LogP contribution >= 0.6 is 0 Å². The van der Waals surface area contributed by atoms with Gasteiger partial charge in [0.1, 0.15) is 5.75 Å². The molecule has 3 heteroatoms. The van der Waals surface area contributed by atoms with Gasteiger partial charge in [0.05, 0.1) is 0 Å². The van der Waals surface area contributed by atoms with Crippen molar-refractivity contribution in [2.45, 2.75) is 25.4 Å². The molecule has 1 aromatic rings. The smallest absolute Gasteiger partial charge is 0.387 e. The maximum absolute atomic E-state index is 12.0. The molecular formula is C11H11F2O. The first-order valence-corrected chi connectivity index (χ1v) is 4.57. The first-order valence-electron chi connectivity index (χ1n) is 4.57. The lowest BCUT2D eigenvalue weighted by molar-refractivity contribution is -0.0498. The van der Waals surface area contributed by atoms with E-state index in [2.05, 4.69) is 11.7 Å². The van der Waals surface area contributed by atoms with Crippen LogP contribution in [0.15, 0.2) is 18.2 Å². The summed E-state index contributed by atoms with van der Waals surface area (Å²) >= 11 is 0. The van der Waals surface area contributed by atoms with Gasteiger partial charge in [-0.3, -0.25) is 0 Å². The first-order chi connectivity index (χ1) is 6.65. The summed E-state index contributed by atoms with van der Waals surface area (Å²) in [4.78, 5) is 0. The van der Waals surface area contributed by atoms with E-state index in [1.807, 2.05) is 6.07 Å². The van der Waals surface area contributed by atoms with Crippen LogP contribution in [0.5, 0.6) is 5.75 Å². The van der Waals surface area contributed by atoms with Crippen LogP contribution in [-0.2, 0) is 0 Å². The number of hydrogen-bond donors (Lipinski definition) is 0. The Kier molecular flexibility index (Phi) is 2.40. The van der Waals surface area contributed by atoms with Crippen LogP contribution in [0.4, 0.5) is 8.78 Å². The van der Waals surface area contributed by atoms with E-state index >= 15 is 0 Å². The average molecular weight is 197 g/mol. The summed E-state index contributed by atoms with van der Waals surface area (Å²) < 4.78 is 28.3. The largest absolute Gasteiger partial charge is 0.435 e. The van der Waals surface area contributed by atoms with E-state index in [0.717, 1.165) is 24.0 Å². The molecule has 0 atom stereocenters. The second-order valence-corrected chi connectivity index (χ2v) is 3.56. The lowest BCUT2D eigenvalue weighted by Crippen LogP contribution is -2.02. The molecule has 1 aliphatic carbocycles. The Balaban J connectivity index is 2.22. The summed E-state index contributed by atoms with van der Waals surface area (Å²) in [5.74, 6) is 0.742. The Morgan fingerprint density at radius 2 is 2.00 bits per heavy atom. The molecule has 2 rings (SSSR count). The molecule has 1 radical (unpaired) electrons. The Hall–Kier alpha value is -1.12. The molecule has 75 valence electrons. The summed E-state index contributed by atoms with van der Waals surface area (Å²) in [5, 5.41) is 0. The number of benzene rings is 1. The van der Waals surface area contributed by atoms with Gasteiger partial charge in [0.15, 0.2) is 0 Å². The average Bonchev–Trinajstić information content (AvgIpc) is 2.82. The predicted octanol–water partition coefficient (Wildman–Crippen LogP) is 3.35. The summed E-state index contributed by atoms with van der Waals surface area (Å²) in [5.41, 5.74) is 1.79. The highest BCUT2D eigenvalue weighted by Gasteiger charge is 2.24. The minimum atomic E-state index is -2.76. The van der Waals surface area contributed by atoms with Gasteiger partial charge in [0, 0.05) is 0 Å². The Bertz CT molecular complexity index is 332. The molecule has 0 spiro atoms. The molecule has 1 aromatic carbocycles. The fourth-order valence-corrected chi connectivity index (χ4v) is 1.51. The minimum absolute atomic E-state index is 0.217. The van der Waals surface area contributed by atoms with Crippen molar-refractivity contribution in [2.75, 3.05) is 0 Å². The van der Waals surface area contributed by atoms with Crippen molar-refractivity contribution in [2.24, 2.45) is 0 Å². The molecule has 0 aromatic heterocycles. The van der Waals surface area contributed by atoms with E-state index < -0.39 is 6.61 Å². The number of alkyl halides is 2. The first kappa shape index (κ1) is 9.44. The zero-order valence-electron chi connectivity index (χ0n) is 7.67. The number of hydrogen-bond acceptors (Lipinski definition) is 1. The van der Waals surface area contributed by atoms with Gasteiger partial charge in [-0.15, -0.1) is 0 Å². The Labute approximate surface area is 81.7 Å². The van der Waals surface area contributed by atoms with Crippen LogP contribution in [0.25, 0.3) is 0 Å². The minimum Gasteiger partial charge on any atom is -0.435 e. The number of ether oxygens (including phenoxy) is 1. The van der Waals surface area contributed by atoms with E-state index in [0.29, 0.717) is 5.92 Å².